The van der Waals surface area contributed by atoms with Crippen molar-refractivity contribution in [3.63, 3.8) is 0 Å². The van der Waals surface area contributed by atoms with Crippen LogP contribution >= 0.6 is 0 Å². The lowest BCUT2D eigenvalue weighted by Crippen LogP contribution is -2.21. The van der Waals surface area contributed by atoms with Crippen LogP contribution in [0.5, 0.6) is 5.75 Å². The third kappa shape index (κ3) is 2.25. The van der Waals surface area contributed by atoms with Crippen LogP contribution in [0.1, 0.15) is 23.7 Å². The Morgan fingerprint density at radius 1 is 1.47 bits per heavy atom. The molecule has 1 heterocycles. The van der Waals surface area contributed by atoms with Gasteiger partial charge in [-0.15, -0.1) is 0 Å². The van der Waals surface area contributed by atoms with Crippen molar-refractivity contribution < 1.29 is 18.6 Å². The van der Waals surface area contributed by atoms with Gasteiger partial charge < -0.3 is 15.2 Å². The van der Waals surface area contributed by atoms with Crippen molar-refractivity contribution in [1.29, 1.82) is 0 Å². The lowest BCUT2D eigenvalue weighted by molar-refractivity contribution is 0.163. The van der Waals surface area contributed by atoms with E-state index in [-0.39, 0.29) is 17.9 Å². The maximum Gasteiger partial charge on any atom is 0.135 e. The molecule has 0 radical (unpaired) electrons. The lowest BCUT2D eigenvalue weighted by atomic mass is 9.98. The molecule has 0 amide bonds. The molecule has 5 heteroatoms. The fourth-order valence-electron chi connectivity index (χ4n) is 2.08. The molecule has 1 aromatic rings. The summed E-state index contributed by atoms with van der Waals surface area (Å²) >= 11 is 0. The summed E-state index contributed by atoms with van der Waals surface area (Å²) in [5.74, 6) is -1.18. The maximum atomic E-state index is 13.7. The number of hydrogen-bond donors (Lipinski definition) is 2. The third-order valence-corrected chi connectivity index (χ3v) is 2.87. The van der Waals surface area contributed by atoms with Gasteiger partial charge in [-0.1, -0.05) is 0 Å². The number of rotatable bonds is 3. The smallest absolute Gasteiger partial charge is 0.135 e. The zero-order valence-electron chi connectivity index (χ0n) is 9.59. The summed E-state index contributed by atoms with van der Waals surface area (Å²) < 4.78 is 32.6. The summed E-state index contributed by atoms with van der Waals surface area (Å²) in [5, 5.41) is 12.6. The summed E-state index contributed by atoms with van der Waals surface area (Å²) in [6.45, 7) is 0.619. The van der Waals surface area contributed by atoms with Gasteiger partial charge in [0.2, 0.25) is 0 Å². The van der Waals surface area contributed by atoms with Gasteiger partial charge in [-0.05, 0) is 19.9 Å². The Hall–Kier alpha value is -1.20. The molecule has 94 valence electrons. The van der Waals surface area contributed by atoms with Crippen molar-refractivity contribution in [2.24, 2.45) is 0 Å². The van der Waals surface area contributed by atoms with E-state index in [1.807, 2.05) is 0 Å². The minimum absolute atomic E-state index is 0.0513. The highest BCUT2D eigenvalue weighted by atomic mass is 19.1. The third-order valence-electron chi connectivity index (χ3n) is 2.87. The summed E-state index contributed by atoms with van der Waals surface area (Å²) in [4.78, 5) is 0. The Morgan fingerprint density at radius 3 is 2.94 bits per heavy atom. The Labute approximate surface area is 98.4 Å². The summed E-state index contributed by atoms with van der Waals surface area (Å²) in [7, 11) is 1.65. The van der Waals surface area contributed by atoms with Crippen LogP contribution in [0, 0.1) is 11.6 Å². The predicted molar refractivity (Wildman–Crippen MR) is 59.1 cm³/mol. The summed E-state index contributed by atoms with van der Waals surface area (Å²) in [6, 6.07) is 0.821. The van der Waals surface area contributed by atoms with Gasteiger partial charge in [0.05, 0.1) is 18.3 Å². The molecule has 0 spiro atoms. The molecule has 0 fully saturated rings. The van der Waals surface area contributed by atoms with E-state index in [4.69, 9.17) is 4.74 Å². The van der Waals surface area contributed by atoms with Crippen molar-refractivity contribution in [3.8, 4) is 5.75 Å². The molecular weight excluding hydrogens is 228 g/mol. The number of fused-ring (bicyclic) bond motifs is 1. The van der Waals surface area contributed by atoms with Crippen LogP contribution in [0.4, 0.5) is 8.78 Å². The molecule has 2 rings (SSSR count). The zero-order valence-corrected chi connectivity index (χ0v) is 9.59. The summed E-state index contributed by atoms with van der Waals surface area (Å²) in [5.41, 5.74) is 0.415. The van der Waals surface area contributed by atoms with E-state index in [9.17, 15) is 13.9 Å². The van der Waals surface area contributed by atoms with Crippen molar-refractivity contribution in [2.45, 2.75) is 18.9 Å². The van der Waals surface area contributed by atoms with Gasteiger partial charge in [0, 0.05) is 18.2 Å². The molecule has 1 aromatic carbocycles. The van der Waals surface area contributed by atoms with E-state index >= 15 is 0 Å². The van der Waals surface area contributed by atoms with Crippen LogP contribution in [0.15, 0.2) is 6.07 Å². The summed E-state index contributed by atoms with van der Waals surface area (Å²) in [6.07, 6.45) is 0.185. The molecule has 1 aliphatic heterocycles. The van der Waals surface area contributed by atoms with Gasteiger partial charge in [-0.3, -0.25) is 0 Å². The van der Waals surface area contributed by atoms with Gasteiger partial charge in [-0.25, -0.2) is 8.78 Å². The van der Waals surface area contributed by atoms with Crippen molar-refractivity contribution in [2.75, 3.05) is 20.2 Å². The van der Waals surface area contributed by atoms with Crippen molar-refractivity contribution in [1.82, 2.24) is 5.32 Å². The van der Waals surface area contributed by atoms with Crippen LogP contribution < -0.4 is 10.1 Å². The van der Waals surface area contributed by atoms with E-state index in [2.05, 4.69) is 5.32 Å². The molecule has 1 unspecified atom stereocenters. The number of aliphatic hydroxyl groups excluding tert-OH is 1. The molecular formula is C12H15F2NO2. The molecule has 0 saturated heterocycles. The minimum atomic E-state index is -1.03. The van der Waals surface area contributed by atoms with E-state index in [1.54, 1.807) is 7.05 Å². The van der Waals surface area contributed by atoms with Crippen LogP contribution in [0.2, 0.25) is 0 Å². The van der Waals surface area contributed by atoms with Crippen LogP contribution in [-0.2, 0) is 6.42 Å². The zero-order chi connectivity index (χ0) is 12.4. The highest BCUT2D eigenvalue weighted by Gasteiger charge is 2.26. The molecule has 2 N–H and O–H groups in total. The van der Waals surface area contributed by atoms with E-state index in [1.165, 1.54) is 0 Å². The average molecular weight is 243 g/mol. The van der Waals surface area contributed by atoms with E-state index in [0.29, 0.717) is 25.0 Å². The van der Waals surface area contributed by atoms with Crippen LogP contribution in [-0.4, -0.2) is 25.3 Å². The normalized spacial score (nSPS) is 16.2. The Kier molecular flexibility index (Phi) is 3.59. The average Bonchev–Trinajstić information content (AvgIpc) is 2.29. The van der Waals surface area contributed by atoms with E-state index < -0.39 is 17.7 Å². The number of halogens is 2. The molecule has 0 saturated carbocycles. The van der Waals surface area contributed by atoms with Crippen molar-refractivity contribution in [3.05, 3.63) is 28.8 Å². The SMILES string of the molecule is CNCC(O)c1c(F)cc(F)c2c1OCCC2. The molecule has 0 bridgehead atoms. The number of ether oxygens (including phenoxy) is 1. The maximum absolute atomic E-state index is 13.7. The highest BCUT2D eigenvalue weighted by Crippen LogP contribution is 2.36. The number of benzene rings is 1. The monoisotopic (exact) mass is 243 g/mol. The lowest BCUT2D eigenvalue weighted by Gasteiger charge is -2.23. The minimum Gasteiger partial charge on any atom is -0.493 e. The second-order valence-electron chi connectivity index (χ2n) is 4.09. The standard InChI is InChI=1S/C12H15F2NO2/c1-15-6-10(16)11-9(14)5-8(13)7-3-2-4-17-12(7)11/h5,10,15-16H,2-4,6H2,1H3. The molecule has 1 atom stereocenters. The van der Waals surface area contributed by atoms with Gasteiger partial charge in [-0.2, -0.15) is 0 Å². The first-order valence-corrected chi connectivity index (χ1v) is 5.61. The van der Waals surface area contributed by atoms with Crippen molar-refractivity contribution >= 4 is 0 Å². The Bertz CT molecular complexity index is 423. The Morgan fingerprint density at radius 2 is 2.24 bits per heavy atom. The second-order valence-corrected chi connectivity index (χ2v) is 4.09. The molecule has 17 heavy (non-hydrogen) atoms. The first-order valence-electron chi connectivity index (χ1n) is 5.61. The topological polar surface area (TPSA) is 41.5 Å². The molecule has 0 aliphatic carbocycles. The fourth-order valence-corrected chi connectivity index (χ4v) is 2.08. The van der Waals surface area contributed by atoms with Crippen LogP contribution in [0.3, 0.4) is 0 Å². The van der Waals surface area contributed by atoms with Gasteiger partial charge in [0.15, 0.2) is 0 Å². The first-order chi connectivity index (χ1) is 8.15. The number of likely N-dealkylation sites (N-methyl/N-ethyl adjacent to an activating group) is 1. The largest absolute Gasteiger partial charge is 0.493 e. The molecule has 1 aliphatic rings. The first kappa shape index (κ1) is 12.3. The molecule has 0 aromatic heterocycles. The van der Waals surface area contributed by atoms with Gasteiger partial charge >= 0.3 is 0 Å². The van der Waals surface area contributed by atoms with Crippen LogP contribution in [0.25, 0.3) is 0 Å². The number of aliphatic hydroxyl groups is 1. The molecule has 3 nitrogen and oxygen atoms in total. The number of hydrogen-bond acceptors (Lipinski definition) is 3. The Balaban J connectivity index is 2.49. The van der Waals surface area contributed by atoms with E-state index in [0.717, 1.165) is 6.07 Å². The van der Waals surface area contributed by atoms with Gasteiger partial charge in [0.25, 0.3) is 0 Å². The second kappa shape index (κ2) is 4.98. The fraction of sp³-hybridized carbons (Fsp3) is 0.500. The van der Waals surface area contributed by atoms with Gasteiger partial charge in [0.1, 0.15) is 17.4 Å². The predicted octanol–water partition coefficient (Wildman–Crippen LogP) is 1.54. The quantitative estimate of drug-likeness (QED) is 0.846. The number of nitrogens with one attached hydrogen (secondary N) is 1. The highest BCUT2D eigenvalue weighted by molar-refractivity contribution is 5.46.